The van der Waals surface area contributed by atoms with Gasteiger partial charge in [0.1, 0.15) is 5.56 Å². The number of hydrogen-bond donors (Lipinski definition) is 1. The van der Waals surface area contributed by atoms with E-state index in [4.69, 9.17) is 13.9 Å². The number of nitro groups is 1. The Morgan fingerprint density at radius 1 is 1.17 bits per heavy atom. The van der Waals surface area contributed by atoms with Crippen molar-refractivity contribution in [2.75, 3.05) is 25.3 Å². The van der Waals surface area contributed by atoms with Gasteiger partial charge in [0.15, 0.2) is 11.5 Å². The quantitative estimate of drug-likeness (QED) is 0.333. The van der Waals surface area contributed by atoms with E-state index in [1.807, 2.05) is 0 Å². The third-order valence-electron chi connectivity index (χ3n) is 3.73. The molecule has 0 radical (unpaired) electrons. The van der Waals surface area contributed by atoms with Gasteiger partial charge >= 0.3 is 0 Å². The highest BCUT2D eigenvalue weighted by atomic mass is 32.2. The summed E-state index contributed by atoms with van der Waals surface area (Å²) >= 11 is 1.02. The molecule has 0 atom stereocenters. The Bertz CT molecular complexity index is 1040. The average Bonchev–Trinajstić information content (AvgIpc) is 3.21. The molecule has 0 bridgehead atoms. The summed E-state index contributed by atoms with van der Waals surface area (Å²) in [5.74, 6) is 0.761. The van der Waals surface area contributed by atoms with Gasteiger partial charge in [0.25, 0.3) is 16.8 Å². The van der Waals surface area contributed by atoms with Crippen molar-refractivity contribution in [1.82, 2.24) is 10.2 Å². The smallest absolute Gasteiger partial charge is 0.282 e. The van der Waals surface area contributed by atoms with Crippen molar-refractivity contribution in [3.05, 3.63) is 52.6 Å². The number of benzene rings is 2. The molecule has 1 N–H and O–H groups in total. The van der Waals surface area contributed by atoms with E-state index in [0.717, 1.165) is 11.8 Å². The van der Waals surface area contributed by atoms with E-state index in [9.17, 15) is 14.9 Å². The number of methoxy groups -OCH3 is 2. The number of nitrogens with one attached hydrogen (secondary N) is 1. The van der Waals surface area contributed by atoms with E-state index < -0.39 is 4.92 Å². The number of nitro benzene ring substituents is 1. The van der Waals surface area contributed by atoms with Crippen LogP contribution in [0.25, 0.3) is 11.5 Å². The van der Waals surface area contributed by atoms with Crippen molar-refractivity contribution in [3.8, 4) is 23.0 Å². The van der Waals surface area contributed by atoms with Gasteiger partial charge in [-0.15, -0.1) is 10.2 Å². The van der Waals surface area contributed by atoms with Crippen LogP contribution >= 0.6 is 11.8 Å². The van der Waals surface area contributed by atoms with Gasteiger partial charge in [-0.1, -0.05) is 23.9 Å². The second kappa shape index (κ2) is 9.06. The number of ether oxygens (including phenoxy) is 2. The Hall–Kier alpha value is -3.60. The zero-order chi connectivity index (χ0) is 20.8. The highest BCUT2D eigenvalue weighted by molar-refractivity contribution is 7.99. The molecule has 29 heavy (non-hydrogen) atoms. The summed E-state index contributed by atoms with van der Waals surface area (Å²) in [5.41, 5.74) is 0.616. The number of carbonyl (C=O) groups is 1. The molecule has 2 aromatic carbocycles. The minimum absolute atomic E-state index is 0.00681. The predicted octanol–water partition coefficient (Wildman–Crippen LogP) is 3.39. The maximum atomic E-state index is 12.2. The first kappa shape index (κ1) is 20.1. The van der Waals surface area contributed by atoms with Crippen molar-refractivity contribution in [2.45, 2.75) is 5.22 Å². The van der Waals surface area contributed by atoms with Crippen molar-refractivity contribution < 1.29 is 23.6 Å². The minimum atomic E-state index is -0.525. The topological polar surface area (TPSA) is 130 Å². The van der Waals surface area contributed by atoms with Crippen LogP contribution in [-0.2, 0) is 4.79 Å². The van der Waals surface area contributed by atoms with Gasteiger partial charge in [0.05, 0.1) is 24.9 Å². The maximum absolute atomic E-state index is 12.2. The normalized spacial score (nSPS) is 10.4. The molecular weight excluding hydrogens is 400 g/mol. The fraction of sp³-hybridized carbons (Fsp3) is 0.167. The van der Waals surface area contributed by atoms with E-state index in [1.54, 1.807) is 30.3 Å². The Balaban J connectivity index is 1.63. The summed E-state index contributed by atoms with van der Waals surface area (Å²) in [4.78, 5) is 22.8. The van der Waals surface area contributed by atoms with E-state index in [0.29, 0.717) is 17.2 Å². The number of para-hydroxylation sites is 1. The summed E-state index contributed by atoms with van der Waals surface area (Å²) in [6.07, 6.45) is 0. The molecule has 0 aliphatic carbocycles. The van der Waals surface area contributed by atoms with Crippen LogP contribution in [0.2, 0.25) is 0 Å². The average molecular weight is 416 g/mol. The summed E-state index contributed by atoms with van der Waals surface area (Å²) < 4.78 is 15.8. The monoisotopic (exact) mass is 416 g/mol. The number of hydrogen-bond acceptors (Lipinski definition) is 9. The van der Waals surface area contributed by atoms with Crippen LogP contribution in [-0.4, -0.2) is 41.0 Å². The molecule has 0 fully saturated rings. The zero-order valence-electron chi connectivity index (χ0n) is 15.4. The van der Waals surface area contributed by atoms with Crippen LogP contribution in [0.3, 0.4) is 0 Å². The number of rotatable bonds is 8. The number of amides is 1. The lowest BCUT2D eigenvalue weighted by Crippen LogP contribution is -2.14. The maximum Gasteiger partial charge on any atom is 0.282 e. The van der Waals surface area contributed by atoms with Crippen molar-refractivity contribution >= 4 is 29.0 Å². The number of carbonyl (C=O) groups excluding carboxylic acids is 1. The number of thioether (sulfide) groups is 1. The first-order chi connectivity index (χ1) is 14.0. The van der Waals surface area contributed by atoms with Crippen molar-refractivity contribution in [3.63, 3.8) is 0 Å². The van der Waals surface area contributed by atoms with Crippen LogP contribution in [0.5, 0.6) is 11.5 Å². The van der Waals surface area contributed by atoms with Gasteiger partial charge < -0.3 is 19.2 Å². The second-order valence-corrected chi connectivity index (χ2v) is 6.48. The number of nitrogens with zero attached hydrogens (tertiary/aromatic N) is 3. The van der Waals surface area contributed by atoms with Crippen LogP contribution in [0.1, 0.15) is 0 Å². The first-order valence-corrected chi connectivity index (χ1v) is 9.22. The minimum Gasteiger partial charge on any atom is -0.493 e. The van der Waals surface area contributed by atoms with E-state index in [2.05, 4.69) is 15.5 Å². The fourth-order valence-electron chi connectivity index (χ4n) is 2.43. The van der Waals surface area contributed by atoms with Gasteiger partial charge in [-0.25, -0.2) is 0 Å². The van der Waals surface area contributed by atoms with E-state index >= 15 is 0 Å². The fourth-order valence-corrected chi connectivity index (χ4v) is 2.99. The van der Waals surface area contributed by atoms with Gasteiger partial charge in [0, 0.05) is 17.8 Å². The van der Waals surface area contributed by atoms with Crippen molar-refractivity contribution in [1.29, 1.82) is 0 Å². The SMILES string of the molecule is COc1ccc(NC(=O)CSc2nnc(-c3ccccc3[N+](=O)[O-])o2)cc1OC. The van der Waals surface area contributed by atoms with Gasteiger partial charge in [0.2, 0.25) is 5.91 Å². The van der Waals surface area contributed by atoms with E-state index in [1.165, 1.54) is 26.4 Å². The van der Waals surface area contributed by atoms with Crippen LogP contribution < -0.4 is 14.8 Å². The molecule has 150 valence electrons. The molecular formula is C18H16N4O6S. The Kier molecular flexibility index (Phi) is 6.29. The molecule has 0 aliphatic rings. The predicted molar refractivity (Wildman–Crippen MR) is 105 cm³/mol. The lowest BCUT2D eigenvalue weighted by molar-refractivity contribution is -0.384. The molecule has 3 rings (SSSR count). The molecule has 1 aromatic heterocycles. The summed E-state index contributed by atoms with van der Waals surface area (Å²) in [6.45, 7) is 0. The second-order valence-electron chi connectivity index (χ2n) is 5.55. The Morgan fingerprint density at radius 2 is 1.93 bits per heavy atom. The zero-order valence-corrected chi connectivity index (χ0v) is 16.3. The molecule has 1 amide bonds. The van der Waals surface area contributed by atoms with Crippen LogP contribution in [0.4, 0.5) is 11.4 Å². The van der Waals surface area contributed by atoms with Crippen molar-refractivity contribution in [2.24, 2.45) is 0 Å². The number of anilines is 1. The molecule has 3 aromatic rings. The molecule has 0 aliphatic heterocycles. The van der Waals surface area contributed by atoms with Gasteiger partial charge in [-0.2, -0.15) is 0 Å². The van der Waals surface area contributed by atoms with Gasteiger partial charge in [-0.3, -0.25) is 14.9 Å². The van der Waals surface area contributed by atoms with E-state index in [-0.39, 0.29) is 34.0 Å². The lowest BCUT2D eigenvalue weighted by Gasteiger charge is -2.10. The molecule has 11 heteroatoms. The molecule has 0 spiro atoms. The molecule has 0 saturated heterocycles. The molecule has 10 nitrogen and oxygen atoms in total. The molecule has 1 heterocycles. The molecule has 0 unspecified atom stereocenters. The number of aromatic nitrogens is 2. The molecule has 0 saturated carbocycles. The first-order valence-electron chi connectivity index (χ1n) is 8.23. The summed E-state index contributed by atoms with van der Waals surface area (Å²) in [5, 5.41) is 21.6. The standard InChI is InChI=1S/C18H16N4O6S/c1-26-14-8-7-11(9-15(14)27-2)19-16(23)10-29-18-21-20-17(28-18)12-5-3-4-6-13(12)22(24)25/h3-9H,10H2,1-2H3,(H,19,23). The highest BCUT2D eigenvalue weighted by Crippen LogP contribution is 2.31. The Labute approximate surface area is 169 Å². The van der Waals surface area contributed by atoms with Crippen LogP contribution in [0, 0.1) is 10.1 Å². The highest BCUT2D eigenvalue weighted by Gasteiger charge is 2.20. The summed E-state index contributed by atoms with van der Waals surface area (Å²) in [6, 6.07) is 11.1. The summed E-state index contributed by atoms with van der Waals surface area (Å²) in [7, 11) is 3.03. The lowest BCUT2D eigenvalue weighted by atomic mass is 10.2. The van der Waals surface area contributed by atoms with Crippen LogP contribution in [0.15, 0.2) is 52.1 Å². The third-order valence-corrected chi connectivity index (χ3v) is 4.55. The third kappa shape index (κ3) is 4.82. The van der Waals surface area contributed by atoms with Gasteiger partial charge in [-0.05, 0) is 18.2 Å². The Morgan fingerprint density at radius 3 is 2.66 bits per heavy atom. The largest absolute Gasteiger partial charge is 0.493 e.